The van der Waals surface area contributed by atoms with Gasteiger partial charge in [-0.25, -0.2) is 4.79 Å². The highest BCUT2D eigenvalue weighted by molar-refractivity contribution is 7.71. The third-order valence-electron chi connectivity index (χ3n) is 3.51. The summed E-state index contributed by atoms with van der Waals surface area (Å²) in [6.45, 7) is 3.99. The second-order valence-corrected chi connectivity index (χ2v) is 5.75. The van der Waals surface area contributed by atoms with Gasteiger partial charge >= 0.3 is 5.69 Å². The summed E-state index contributed by atoms with van der Waals surface area (Å²) in [6.07, 6.45) is 0.277. The molecule has 23 heavy (non-hydrogen) atoms. The number of H-pyrrole nitrogens is 3. The second-order valence-electron chi connectivity index (χ2n) is 5.36. The largest absolute Gasteiger partial charge is 0.325 e. The zero-order chi connectivity index (χ0) is 16.6. The summed E-state index contributed by atoms with van der Waals surface area (Å²) in [7, 11) is 0. The lowest BCUT2D eigenvalue weighted by atomic mass is 10.1. The molecule has 0 bridgehead atoms. The first-order valence-corrected chi connectivity index (χ1v) is 7.41. The number of rotatable bonds is 3. The van der Waals surface area contributed by atoms with Gasteiger partial charge in [0.05, 0.1) is 5.69 Å². The molecule has 0 aliphatic rings. The molecule has 7 nitrogen and oxygen atoms in total. The van der Waals surface area contributed by atoms with Crippen molar-refractivity contribution in [2.75, 3.05) is 0 Å². The van der Waals surface area contributed by atoms with Crippen LogP contribution in [0, 0.1) is 18.6 Å². The molecular formula is C15H15N5O2S. The van der Waals surface area contributed by atoms with Crippen molar-refractivity contribution >= 4 is 12.2 Å². The quantitative estimate of drug-likeness (QED) is 0.634. The summed E-state index contributed by atoms with van der Waals surface area (Å²) in [5, 5.41) is 7.00. The first kappa shape index (κ1) is 15.2. The highest BCUT2D eigenvalue weighted by Gasteiger charge is 2.12. The highest BCUT2D eigenvalue weighted by atomic mass is 32.1. The van der Waals surface area contributed by atoms with Gasteiger partial charge < -0.3 is 4.98 Å². The molecule has 0 aliphatic carbocycles. The van der Waals surface area contributed by atoms with Crippen LogP contribution in [0.4, 0.5) is 0 Å². The molecule has 3 rings (SSSR count). The normalized spacial score (nSPS) is 10.9. The molecule has 118 valence electrons. The molecule has 0 aliphatic heterocycles. The van der Waals surface area contributed by atoms with Crippen molar-refractivity contribution in [1.29, 1.82) is 0 Å². The van der Waals surface area contributed by atoms with Crippen molar-refractivity contribution in [2.45, 2.75) is 20.3 Å². The Morgan fingerprint density at radius 2 is 1.96 bits per heavy atom. The third-order valence-corrected chi connectivity index (χ3v) is 3.79. The summed E-state index contributed by atoms with van der Waals surface area (Å²) < 4.78 is 2.28. The average molecular weight is 329 g/mol. The van der Waals surface area contributed by atoms with Crippen LogP contribution in [-0.4, -0.2) is 24.7 Å². The van der Waals surface area contributed by atoms with Gasteiger partial charge in [-0.3, -0.25) is 19.4 Å². The summed E-state index contributed by atoms with van der Waals surface area (Å²) in [4.78, 5) is 27.6. The maximum absolute atomic E-state index is 11.4. The lowest BCUT2D eigenvalue weighted by molar-refractivity contribution is 0.856. The Morgan fingerprint density at radius 3 is 2.70 bits per heavy atom. The number of nitrogens with one attached hydrogen (secondary N) is 3. The van der Waals surface area contributed by atoms with Gasteiger partial charge in [-0.15, -0.1) is 0 Å². The van der Waals surface area contributed by atoms with E-state index in [2.05, 4.69) is 20.2 Å². The van der Waals surface area contributed by atoms with Crippen LogP contribution in [0.25, 0.3) is 5.69 Å². The summed E-state index contributed by atoms with van der Waals surface area (Å²) in [5.41, 5.74) is 2.55. The van der Waals surface area contributed by atoms with E-state index >= 15 is 0 Å². The summed E-state index contributed by atoms with van der Waals surface area (Å²) >= 11 is 5.33. The number of aryl methyl sites for hydroxylation is 2. The van der Waals surface area contributed by atoms with Crippen LogP contribution in [-0.2, 0) is 6.42 Å². The van der Waals surface area contributed by atoms with Crippen molar-refractivity contribution in [3.05, 3.63) is 72.5 Å². The molecule has 0 saturated carbocycles. The number of aromatic nitrogens is 5. The average Bonchev–Trinajstić information content (AvgIpc) is 2.81. The van der Waals surface area contributed by atoms with Gasteiger partial charge in [0.2, 0.25) is 0 Å². The van der Waals surface area contributed by atoms with Gasteiger partial charge in [-0.2, -0.15) is 5.10 Å². The van der Waals surface area contributed by atoms with E-state index < -0.39 is 11.2 Å². The second kappa shape index (κ2) is 5.81. The van der Waals surface area contributed by atoms with E-state index in [0.29, 0.717) is 16.3 Å². The lowest BCUT2D eigenvalue weighted by Gasteiger charge is -2.11. The van der Waals surface area contributed by atoms with Crippen molar-refractivity contribution in [3.8, 4) is 5.69 Å². The zero-order valence-electron chi connectivity index (χ0n) is 12.6. The zero-order valence-corrected chi connectivity index (χ0v) is 13.5. The van der Waals surface area contributed by atoms with E-state index in [1.165, 1.54) is 6.07 Å². The maximum atomic E-state index is 11.4. The minimum atomic E-state index is -0.542. The number of benzene rings is 1. The van der Waals surface area contributed by atoms with Gasteiger partial charge in [0.1, 0.15) is 5.82 Å². The SMILES string of the molecule is Cc1ccc(C)c(-n2c(Cc3cc(=O)[nH]c(=O)[nH]3)n[nH]c2=S)c1. The van der Waals surface area contributed by atoms with Crippen LogP contribution in [0.2, 0.25) is 0 Å². The minimum Gasteiger partial charge on any atom is -0.311 e. The summed E-state index contributed by atoms with van der Waals surface area (Å²) in [6, 6.07) is 7.39. The van der Waals surface area contributed by atoms with Crippen molar-refractivity contribution in [1.82, 2.24) is 24.7 Å². The molecule has 3 aromatic rings. The maximum Gasteiger partial charge on any atom is 0.325 e. The van der Waals surface area contributed by atoms with Gasteiger partial charge in [0.15, 0.2) is 4.77 Å². The molecule has 0 amide bonds. The molecule has 1 aromatic carbocycles. The van der Waals surface area contributed by atoms with Crippen LogP contribution in [0.15, 0.2) is 33.9 Å². The smallest absolute Gasteiger partial charge is 0.311 e. The molecule has 0 spiro atoms. The molecule has 0 fully saturated rings. The lowest BCUT2D eigenvalue weighted by Crippen LogP contribution is -2.23. The van der Waals surface area contributed by atoms with Gasteiger partial charge in [0.25, 0.3) is 5.56 Å². The molecular weight excluding hydrogens is 314 g/mol. The van der Waals surface area contributed by atoms with E-state index in [-0.39, 0.29) is 6.42 Å². The summed E-state index contributed by atoms with van der Waals surface area (Å²) in [5.74, 6) is 0.616. The third kappa shape index (κ3) is 3.07. The Labute approximate surface area is 136 Å². The number of aromatic amines is 3. The molecule has 3 N–H and O–H groups in total. The fourth-order valence-electron chi connectivity index (χ4n) is 2.44. The van der Waals surface area contributed by atoms with Crippen LogP contribution in [0.3, 0.4) is 0 Å². The van der Waals surface area contributed by atoms with E-state index in [9.17, 15) is 9.59 Å². The molecule has 2 heterocycles. The van der Waals surface area contributed by atoms with Crippen LogP contribution >= 0.6 is 12.2 Å². The van der Waals surface area contributed by atoms with Crippen LogP contribution in [0.5, 0.6) is 0 Å². The number of hydrogen-bond acceptors (Lipinski definition) is 4. The molecule has 0 unspecified atom stereocenters. The Morgan fingerprint density at radius 1 is 1.17 bits per heavy atom. The molecule has 0 radical (unpaired) electrons. The van der Waals surface area contributed by atoms with Gasteiger partial charge in [-0.1, -0.05) is 12.1 Å². The first-order chi connectivity index (χ1) is 10.9. The van der Waals surface area contributed by atoms with E-state index in [1.807, 2.05) is 36.6 Å². The van der Waals surface area contributed by atoms with Crippen LogP contribution in [0.1, 0.15) is 22.6 Å². The Kier molecular flexibility index (Phi) is 3.83. The predicted molar refractivity (Wildman–Crippen MR) is 88.7 cm³/mol. The Balaban J connectivity index is 2.12. The first-order valence-electron chi connectivity index (χ1n) is 7.00. The monoisotopic (exact) mass is 329 g/mol. The van der Waals surface area contributed by atoms with E-state index in [4.69, 9.17) is 12.2 Å². The highest BCUT2D eigenvalue weighted by Crippen LogP contribution is 2.18. The van der Waals surface area contributed by atoms with Crippen LogP contribution < -0.4 is 11.2 Å². The molecule has 0 atom stereocenters. The van der Waals surface area contributed by atoms with Crippen molar-refractivity contribution in [2.24, 2.45) is 0 Å². The fraction of sp³-hybridized carbons (Fsp3) is 0.200. The van der Waals surface area contributed by atoms with Gasteiger partial charge in [0, 0.05) is 18.2 Å². The number of nitrogens with zero attached hydrogens (tertiary/aromatic N) is 2. The Hall–Kier alpha value is -2.74. The predicted octanol–water partition coefficient (Wildman–Crippen LogP) is 1.51. The molecule has 0 saturated heterocycles. The topological polar surface area (TPSA) is 99.3 Å². The van der Waals surface area contributed by atoms with Crippen molar-refractivity contribution in [3.63, 3.8) is 0 Å². The van der Waals surface area contributed by atoms with Crippen molar-refractivity contribution < 1.29 is 0 Å². The molecule has 8 heteroatoms. The number of hydrogen-bond donors (Lipinski definition) is 3. The van der Waals surface area contributed by atoms with E-state index in [0.717, 1.165) is 16.8 Å². The van der Waals surface area contributed by atoms with E-state index in [1.54, 1.807) is 0 Å². The molecule has 2 aromatic heterocycles. The van der Waals surface area contributed by atoms with Gasteiger partial charge in [-0.05, 0) is 43.3 Å². The standard InChI is InChI=1S/C15H15N5O2S/c1-8-3-4-9(2)11(5-8)20-12(18-19-15(20)23)6-10-7-13(21)17-14(22)16-10/h3-5,7H,6H2,1-2H3,(H,19,23)(H2,16,17,21,22). The Bertz CT molecular complexity index is 1010. The minimum absolute atomic E-state index is 0.277. The fourth-order valence-corrected chi connectivity index (χ4v) is 2.69.